The van der Waals surface area contributed by atoms with Crippen LogP contribution in [-0.4, -0.2) is 21.3 Å². The second-order valence-corrected chi connectivity index (χ2v) is 5.49. The highest BCUT2D eigenvalue weighted by atomic mass is 16.1. The third-order valence-corrected chi connectivity index (χ3v) is 4.02. The van der Waals surface area contributed by atoms with Gasteiger partial charge in [0.2, 0.25) is 0 Å². The molecule has 1 aromatic heterocycles. The van der Waals surface area contributed by atoms with Gasteiger partial charge in [0, 0.05) is 5.56 Å². The van der Waals surface area contributed by atoms with Crippen molar-refractivity contribution in [1.29, 1.82) is 0 Å². The van der Waals surface area contributed by atoms with Crippen molar-refractivity contribution >= 4 is 16.7 Å². The van der Waals surface area contributed by atoms with Gasteiger partial charge in [-0.2, -0.15) is 15.4 Å². The Bertz CT molecular complexity index is 1050. The zero-order valence-electron chi connectivity index (χ0n) is 12.7. The van der Waals surface area contributed by atoms with E-state index in [2.05, 4.69) is 39.7 Å². The molecule has 0 saturated carbocycles. The summed E-state index contributed by atoms with van der Waals surface area (Å²) in [6.07, 6.45) is 0. The van der Waals surface area contributed by atoms with Crippen molar-refractivity contribution in [1.82, 2.24) is 15.4 Å². The van der Waals surface area contributed by atoms with E-state index in [0.29, 0.717) is 5.69 Å². The van der Waals surface area contributed by atoms with E-state index in [1.165, 1.54) is 10.8 Å². The summed E-state index contributed by atoms with van der Waals surface area (Å²) in [7, 11) is 0. The smallest absolute Gasteiger partial charge is 0.271 e. The van der Waals surface area contributed by atoms with E-state index < -0.39 is 5.91 Å². The van der Waals surface area contributed by atoms with Gasteiger partial charge >= 0.3 is 0 Å². The van der Waals surface area contributed by atoms with Crippen molar-refractivity contribution < 1.29 is 4.79 Å². The van der Waals surface area contributed by atoms with Gasteiger partial charge in [0.15, 0.2) is 5.69 Å². The average Bonchev–Trinajstić information content (AvgIpc) is 3.11. The van der Waals surface area contributed by atoms with E-state index in [0.717, 1.165) is 16.7 Å². The SMILES string of the molecule is NC(=O)c1n[nH]nc1-c1cccc(-c2cccc3ccccc23)c1. The first-order chi connectivity index (χ1) is 11.7. The number of carbonyl (C=O) groups excluding carboxylic acids is 1. The first-order valence-corrected chi connectivity index (χ1v) is 7.53. The number of amides is 1. The summed E-state index contributed by atoms with van der Waals surface area (Å²) < 4.78 is 0. The summed E-state index contributed by atoms with van der Waals surface area (Å²) in [5.74, 6) is -0.602. The maximum Gasteiger partial charge on any atom is 0.271 e. The number of carbonyl (C=O) groups is 1. The highest BCUT2D eigenvalue weighted by molar-refractivity contribution is 5.99. The zero-order chi connectivity index (χ0) is 16.5. The molecule has 0 unspecified atom stereocenters. The lowest BCUT2D eigenvalue weighted by Crippen LogP contribution is -2.12. The van der Waals surface area contributed by atoms with Crippen LogP contribution in [-0.2, 0) is 0 Å². The first-order valence-electron chi connectivity index (χ1n) is 7.53. The number of nitrogens with zero attached hydrogens (tertiary/aromatic N) is 2. The van der Waals surface area contributed by atoms with Crippen LogP contribution in [0.15, 0.2) is 66.7 Å². The van der Waals surface area contributed by atoms with Gasteiger partial charge < -0.3 is 5.73 Å². The predicted molar refractivity (Wildman–Crippen MR) is 93.3 cm³/mol. The summed E-state index contributed by atoms with van der Waals surface area (Å²) >= 11 is 0. The largest absolute Gasteiger partial charge is 0.364 e. The quantitative estimate of drug-likeness (QED) is 0.608. The highest BCUT2D eigenvalue weighted by Crippen LogP contribution is 2.31. The van der Waals surface area contributed by atoms with Crippen LogP contribution >= 0.6 is 0 Å². The molecule has 1 amide bonds. The number of benzene rings is 3. The number of hydrogen-bond acceptors (Lipinski definition) is 3. The van der Waals surface area contributed by atoms with Crippen LogP contribution in [0.1, 0.15) is 10.5 Å². The Labute approximate surface area is 138 Å². The van der Waals surface area contributed by atoms with Crippen molar-refractivity contribution in [2.75, 3.05) is 0 Å². The molecule has 0 aliphatic heterocycles. The molecular formula is C19H14N4O. The van der Waals surface area contributed by atoms with Gasteiger partial charge in [0.1, 0.15) is 5.69 Å². The Hall–Kier alpha value is -3.47. The Morgan fingerprint density at radius 3 is 2.50 bits per heavy atom. The van der Waals surface area contributed by atoms with E-state index in [9.17, 15) is 4.79 Å². The normalized spacial score (nSPS) is 10.8. The summed E-state index contributed by atoms with van der Waals surface area (Å²) in [6, 6.07) is 22.3. The Balaban J connectivity index is 1.89. The topological polar surface area (TPSA) is 84.7 Å². The minimum absolute atomic E-state index is 0.144. The first kappa shape index (κ1) is 14.1. The fourth-order valence-corrected chi connectivity index (χ4v) is 2.92. The monoisotopic (exact) mass is 314 g/mol. The van der Waals surface area contributed by atoms with Gasteiger partial charge in [-0.3, -0.25) is 4.79 Å². The molecule has 0 aliphatic carbocycles. The summed E-state index contributed by atoms with van der Waals surface area (Å²) in [6.45, 7) is 0. The summed E-state index contributed by atoms with van der Waals surface area (Å²) in [4.78, 5) is 11.5. The molecule has 0 saturated heterocycles. The van der Waals surface area contributed by atoms with Crippen LogP contribution in [0.4, 0.5) is 0 Å². The van der Waals surface area contributed by atoms with Crippen LogP contribution in [0.3, 0.4) is 0 Å². The molecule has 116 valence electrons. The van der Waals surface area contributed by atoms with Crippen molar-refractivity contribution in [3.63, 3.8) is 0 Å². The molecule has 0 bridgehead atoms. The van der Waals surface area contributed by atoms with Crippen LogP contribution in [0.25, 0.3) is 33.2 Å². The molecule has 3 N–H and O–H groups in total. The van der Waals surface area contributed by atoms with Crippen LogP contribution in [0, 0.1) is 0 Å². The number of hydrogen-bond donors (Lipinski definition) is 2. The number of nitrogens with one attached hydrogen (secondary N) is 1. The predicted octanol–water partition coefficient (Wildman–Crippen LogP) is 3.39. The molecule has 3 aromatic carbocycles. The molecule has 4 rings (SSSR count). The second kappa shape index (κ2) is 5.62. The highest BCUT2D eigenvalue weighted by Gasteiger charge is 2.15. The summed E-state index contributed by atoms with van der Waals surface area (Å²) in [5.41, 5.74) is 8.93. The molecule has 0 spiro atoms. The standard InChI is InChI=1S/C19H14N4O/c20-19(24)18-17(21-23-22-18)14-8-3-7-13(11-14)16-10-4-6-12-5-1-2-9-15(12)16/h1-11H,(H2,20,24)(H,21,22,23). The fraction of sp³-hybridized carbons (Fsp3) is 0. The molecule has 1 heterocycles. The molecule has 0 fully saturated rings. The van der Waals surface area contributed by atoms with Gasteiger partial charge in [-0.1, -0.05) is 60.7 Å². The van der Waals surface area contributed by atoms with E-state index >= 15 is 0 Å². The number of H-pyrrole nitrogens is 1. The molecule has 5 heteroatoms. The third kappa shape index (κ3) is 2.32. The van der Waals surface area contributed by atoms with E-state index in [-0.39, 0.29) is 5.69 Å². The molecule has 0 aliphatic rings. The van der Waals surface area contributed by atoms with Gasteiger partial charge in [-0.05, 0) is 28.0 Å². The average molecular weight is 314 g/mol. The maximum absolute atomic E-state index is 11.5. The molecule has 5 nitrogen and oxygen atoms in total. The van der Waals surface area contributed by atoms with Crippen LogP contribution in [0.5, 0.6) is 0 Å². The Morgan fingerprint density at radius 1 is 0.875 bits per heavy atom. The minimum atomic E-state index is -0.602. The van der Waals surface area contributed by atoms with Gasteiger partial charge in [0.25, 0.3) is 5.91 Å². The van der Waals surface area contributed by atoms with Gasteiger partial charge in [0.05, 0.1) is 0 Å². The van der Waals surface area contributed by atoms with Crippen molar-refractivity contribution in [2.45, 2.75) is 0 Å². The third-order valence-electron chi connectivity index (χ3n) is 4.02. The Morgan fingerprint density at radius 2 is 1.62 bits per heavy atom. The molecular weight excluding hydrogens is 300 g/mol. The summed E-state index contributed by atoms with van der Waals surface area (Å²) in [5, 5.41) is 12.7. The fourth-order valence-electron chi connectivity index (χ4n) is 2.92. The van der Waals surface area contributed by atoms with Crippen molar-refractivity contribution in [3.8, 4) is 22.4 Å². The van der Waals surface area contributed by atoms with Crippen molar-refractivity contribution in [2.24, 2.45) is 5.73 Å². The molecule has 0 atom stereocenters. The second-order valence-electron chi connectivity index (χ2n) is 5.49. The maximum atomic E-state index is 11.5. The number of fused-ring (bicyclic) bond motifs is 1. The number of aromatic nitrogens is 3. The zero-order valence-corrected chi connectivity index (χ0v) is 12.7. The molecule has 0 radical (unpaired) electrons. The molecule has 24 heavy (non-hydrogen) atoms. The van der Waals surface area contributed by atoms with Gasteiger partial charge in [-0.25, -0.2) is 0 Å². The van der Waals surface area contributed by atoms with Crippen molar-refractivity contribution in [3.05, 3.63) is 72.4 Å². The number of nitrogens with two attached hydrogens (primary N) is 1. The minimum Gasteiger partial charge on any atom is -0.364 e. The Kier molecular flexibility index (Phi) is 3.31. The lowest BCUT2D eigenvalue weighted by Gasteiger charge is -2.08. The van der Waals surface area contributed by atoms with E-state index in [4.69, 9.17) is 5.73 Å². The number of primary amides is 1. The van der Waals surface area contributed by atoms with Crippen LogP contribution in [0.2, 0.25) is 0 Å². The molecule has 4 aromatic rings. The van der Waals surface area contributed by atoms with Crippen LogP contribution < -0.4 is 5.73 Å². The number of rotatable bonds is 3. The van der Waals surface area contributed by atoms with E-state index in [1.807, 2.05) is 42.5 Å². The van der Waals surface area contributed by atoms with Gasteiger partial charge in [-0.15, -0.1) is 0 Å². The lowest BCUT2D eigenvalue weighted by atomic mass is 9.96. The lowest BCUT2D eigenvalue weighted by molar-refractivity contribution is 0.0996. The van der Waals surface area contributed by atoms with E-state index in [1.54, 1.807) is 0 Å². The number of aromatic amines is 1.